The molecule has 0 aromatic heterocycles. The average Bonchev–Trinajstić information content (AvgIpc) is 2.41. The van der Waals surface area contributed by atoms with E-state index in [1.54, 1.807) is 14.2 Å². The number of rotatable bonds is 9. The standard InChI is InChI=1S/C12H27N3O4S.ClH/c1-11-4-5-13-10-12(11)14-20(16,17)15(6-8-18-2)7-9-19-3;/h11-14H,4-10H2,1-3H3;1H. The monoisotopic (exact) mass is 345 g/mol. The minimum Gasteiger partial charge on any atom is -0.383 e. The molecule has 21 heavy (non-hydrogen) atoms. The lowest BCUT2D eigenvalue weighted by Crippen LogP contribution is -2.54. The van der Waals surface area contributed by atoms with Gasteiger partial charge in [-0.1, -0.05) is 6.92 Å². The topological polar surface area (TPSA) is 79.9 Å². The Morgan fingerprint density at radius 1 is 1.24 bits per heavy atom. The van der Waals surface area contributed by atoms with Crippen LogP contribution in [0.3, 0.4) is 0 Å². The van der Waals surface area contributed by atoms with E-state index in [0.717, 1.165) is 13.0 Å². The SMILES string of the molecule is COCCN(CCOC)S(=O)(=O)NC1CNCCC1C.Cl. The molecular formula is C12H28ClN3O4S. The maximum atomic E-state index is 12.4. The Morgan fingerprint density at radius 2 is 1.81 bits per heavy atom. The van der Waals surface area contributed by atoms with Crippen LogP contribution >= 0.6 is 12.4 Å². The second-order valence-corrected chi connectivity index (χ2v) is 6.79. The highest BCUT2D eigenvalue weighted by atomic mass is 35.5. The Hall–Kier alpha value is 0.0400. The van der Waals surface area contributed by atoms with Crippen molar-refractivity contribution in [2.45, 2.75) is 19.4 Å². The molecular weight excluding hydrogens is 318 g/mol. The molecule has 0 aliphatic carbocycles. The fourth-order valence-corrected chi connectivity index (χ4v) is 3.63. The van der Waals surface area contributed by atoms with E-state index in [0.29, 0.717) is 38.8 Å². The molecule has 1 saturated heterocycles. The van der Waals surface area contributed by atoms with Gasteiger partial charge in [-0.25, -0.2) is 0 Å². The van der Waals surface area contributed by atoms with Crippen LogP contribution in [-0.4, -0.2) is 72.4 Å². The molecule has 0 spiro atoms. The third-order valence-electron chi connectivity index (χ3n) is 3.56. The second-order valence-electron chi connectivity index (χ2n) is 5.08. The van der Waals surface area contributed by atoms with Crippen molar-refractivity contribution < 1.29 is 17.9 Å². The second kappa shape index (κ2) is 10.7. The van der Waals surface area contributed by atoms with Crippen molar-refractivity contribution >= 4 is 22.6 Å². The van der Waals surface area contributed by atoms with Gasteiger partial charge in [0.15, 0.2) is 0 Å². The number of hydrogen-bond acceptors (Lipinski definition) is 5. The summed E-state index contributed by atoms with van der Waals surface area (Å²) in [4.78, 5) is 0. The van der Waals surface area contributed by atoms with E-state index in [4.69, 9.17) is 9.47 Å². The summed E-state index contributed by atoms with van der Waals surface area (Å²) in [5.74, 6) is 0.331. The minimum absolute atomic E-state index is 0. The molecule has 1 aliphatic heterocycles. The predicted octanol–water partition coefficient (Wildman–Crippen LogP) is -0.165. The summed E-state index contributed by atoms with van der Waals surface area (Å²) in [6.07, 6.45) is 0.976. The summed E-state index contributed by atoms with van der Waals surface area (Å²) in [6.45, 7) is 5.06. The van der Waals surface area contributed by atoms with E-state index in [9.17, 15) is 8.42 Å². The summed E-state index contributed by atoms with van der Waals surface area (Å²) in [7, 11) is -0.402. The molecule has 2 N–H and O–H groups in total. The van der Waals surface area contributed by atoms with Gasteiger partial charge in [0.05, 0.1) is 13.2 Å². The largest absolute Gasteiger partial charge is 0.383 e. The zero-order valence-corrected chi connectivity index (χ0v) is 14.6. The van der Waals surface area contributed by atoms with Crippen LogP contribution in [0.25, 0.3) is 0 Å². The van der Waals surface area contributed by atoms with Crippen LogP contribution < -0.4 is 10.0 Å². The first-order valence-electron chi connectivity index (χ1n) is 6.97. The number of ether oxygens (including phenoxy) is 2. The third kappa shape index (κ3) is 7.23. The molecule has 0 bridgehead atoms. The number of nitrogens with zero attached hydrogens (tertiary/aromatic N) is 1. The van der Waals surface area contributed by atoms with Gasteiger partial charge in [-0.3, -0.25) is 0 Å². The third-order valence-corrected chi connectivity index (χ3v) is 5.20. The van der Waals surface area contributed by atoms with Crippen LogP contribution in [0.1, 0.15) is 13.3 Å². The van der Waals surface area contributed by atoms with Gasteiger partial charge in [-0.05, 0) is 18.9 Å². The van der Waals surface area contributed by atoms with Gasteiger partial charge in [-0.15, -0.1) is 12.4 Å². The lowest BCUT2D eigenvalue weighted by molar-refractivity contribution is 0.149. The molecule has 9 heteroatoms. The molecule has 128 valence electrons. The molecule has 1 heterocycles. The number of nitrogens with one attached hydrogen (secondary N) is 2. The molecule has 2 unspecified atom stereocenters. The molecule has 1 fully saturated rings. The molecule has 0 aromatic carbocycles. The molecule has 0 amide bonds. The van der Waals surface area contributed by atoms with Crippen LogP contribution in [0.5, 0.6) is 0 Å². The van der Waals surface area contributed by atoms with Gasteiger partial charge in [0, 0.05) is 39.9 Å². The molecule has 0 radical (unpaired) electrons. The molecule has 0 saturated carbocycles. The Kier molecular flexibility index (Phi) is 10.7. The van der Waals surface area contributed by atoms with E-state index in [-0.39, 0.29) is 18.4 Å². The van der Waals surface area contributed by atoms with E-state index >= 15 is 0 Å². The summed E-state index contributed by atoms with van der Waals surface area (Å²) in [5, 5.41) is 3.22. The van der Waals surface area contributed by atoms with Crippen molar-refractivity contribution in [1.82, 2.24) is 14.3 Å². The Labute approximate surface area is 134 Å². The quantitative estimate of drug-likeness (QED) is 0.607. The normalized spacial score (nSPS) is 23.0. The summed E-state index contributed by atoms with van der Waals surface area (Å²) >= 11 is 0. The first-order valence-corrected chi connectivity index (χ1v) is 8.41. The van der Waals surface area contributed by atoms with Gasteiger partial charge in [0.25, 0.3) is 10.2 Å². The minimum atomic E-state index is -3.52. The van der Waals surface area contributed by atoms with Gasteiger partial charge in [-0.2, -0.15) is 17.4 Å². The Bertz CT molecular complexity index is 362. The lowest BCUT2D eigenvalue weighted by Gasteiger charge is -2.32. The smallest absolute Gasteiger partial charge is 0.279 e. The van der Waals surface area contributed by atoms with E-state index < -0.39 is 10.2 Å². The van der Waals surface area contributed by atoms with Crippen molar-refractivity contribution in [2.24, 2.45) is 5.92 Å². The van der Waals surface area contributed by atoms with Crippen molar-refractivity contribution in [3.05, 3.63) is 0 Å². The van der Waals surface area contributed by atoms with Crippen LogP contribution in [0.2, 0.25) is 0 Å². The maximum absolute atomic E-state index is 12.4. The van der Waals surface area contributed by atoms with Crippen LogP contribution in [-0.2, 0) is 19.7 Å². The summed E-state index contributed by atoms with van der Waals surface area (Å²) in [5.41, 5.74) is 0. The highest BCUT2D eigenvalue weighted by Gasteiger charge is 2.29. The number of piperidine rings is 1. The maximum Gasteiger partial charge on any atom is 0.279 e. The fourth-order valence-electron chi connectivity index (χ4n) is 2.15. The first-order chi connectivity index (χ1) is 9.51. The van der Waals surface area contributed by atoms with Gasteiger partial charge >= 0.3 is 0 Å². The number of methoxy groups -OCH3 is 2. The Morgan fingerprint density at radius 3 is 2.29 bits per heavy atom. The van der Waals surface area contributed by atoms with E-state index in [1.807, 2.05) is 0 Å². The van der Waals surface area contributed by atoms with Crippen molar-refractivity contribution in [2.75, 3.05) is 53.6 Å². The highest BCUT2D eigenvalue weighted by Crippen LogP contribution is 2.13. The van der Waals surface area contributed by atoms with Crippen LogP contribution in [0.4, 0.5) is 0 Å². The van der Waals surface area contributed by atoms with Gasteiger partial charge < -0.3 is 14.8 Å². The number of halogens is 1. The van der Waals surface area contributed by atoms with Crippen molar-refractivity contribution in [3.63, 3.8) is 0 Å². The lowest BCUT2D eigenvalue weighted by atomic mass is 9.96. The van der Waals surface area contributed by atoms with Gasteiger partial charge in [0.2, 0.25) is 0 Å². The van der Waals surface area contributed by atoms with Gasteiger partial charge in [0.1, 0.15) is 0 Å². The molecule has 1 rings (SSSR count). The molecule has 7 nitrogen and oxygen atoms in total. The predicted molar refractivity (Wildman–Crippen MR) is 85.1 cm³/mol. The Balaban J connectivity index is 0.00000400. The first kappa shape index (κ1) is 21.0. The van der Waals surface area contributed by atoms with Crippen molar-refractivity contribution in [3.8, 4) is 0 Å². The van der Waals surface area contributed by atoms with E-state index in [2.05, 4.69) is 17.0 Å². The zero-order chi connectivity index (χ0) is 15.0. The van der Waals surface area contributed by atoms with Crippen molar-refractivity contribution in [1.29, 1.82) is 0 Å². The van der Waals surface area contributed by atoms with E-state index in [1.165, 1.54) is 4.31 Å². The fraction of sp³-hybridized carbons (Fsp3) is 1.00. The highest BCUT2D eigenvalue weighted by molar-refractivity contribution is 7.87. The van der Waals surface area contributed by atoms with Crippen LogP contribution in [0, 0.1) is 5.92 Å². The molecule has 0 aromatic rings. The summed E-state index contributed by atoms with van der Waals surface area (Å²) in [6, 6.07) is -0.0682. The molecule has 2 atom stereocenters. The zero-order valence-electron chi connectivity index (χ0n) is 13.0. The summed E-state index contributed by atoms with van der Waals surface area (Å²) < 4.78 is 39.0. The number of hydrogen-bond donors (Lipinski definition) is 2. The average molecular weight is 346 g/mol. The van der Waals surface area contributed by atoms with Crippen LogP contribution in [0.15, 0.2) is 0 Å². The molecule has 1 aliphatic rings.